The summed E-state index contributed by atoms with van der Waals surface area (Å²) in [6.07, 6.45) is -4.89. The lowest BCUT2D eigenvalue weighted by molar-refractivity contribution is -0.277. The quantitative estimate of drug-likeness (QED) is 0.221. The van der Waals surface area contributed by atoms with Crippen LogP contribution in [0.5, 0.6) is 0 Å². The van der Waals surface area contributed by atoms with Crippen molar-refractivity contribution in [1.82, 2.24) is 10.6 Å². The van der Waals surface area contributed by atoms with Crippen LogP contribution in [0.25, 0.3) is 0 Å². The van der Waals surface area contributed by atoms with Crippen LogP contribution in [-0.2, 0) is 54.2 Å². The highest BCUT2D eigenvalue weighted by atomic mass is 16.7. The van der Waals surface area contributed by atoms with E-state index in [2.05, 4.69) is 10.6 Å². The van der Waals surface area contributed by atoms with E-state index in [4.69, 9.17) is 28.4 Å². The minimum Gasteiger partial charge on any atom is -0.463 e. The van der Waals surface area contributed by atoms with Crippen LogP contribution in [-0.4, -0.2) is 80.3 Å². The zero-order valence-electron chi connectivity index (χ0n) is 21.8. The van der Waals surface area contributed by atoms with Gasteiger partial charge in [-0.15, -0.1) is 0 Å². The van der Waals surface area contributed by atoms with Crippen molar-refractivity contribution in [3.8, 4) is 0 Å². The van der Waals surface area contributed by atoms with Gasteiger partial charge >= 0.3 is 24.0 Å². The van der Waals surface area contributed by atoms with Crippen LogP contribution in [0.4, 0.5) is 4.79 Å². The number of rotatable bonds is 12. The molecule has 1 aliphatic rings. The lowest BCUT2D eigenvalue weighted by Crippen LogP contribution is -2.66. The third-order valence-corrected chi connectivity index (χ3v) is 5.16. The average molecular weight is 539 g/mol. The normalized spacial score (nSPS) is 22.5. The van der Waals surface area contributed by atoms with Crippen molar-refractivity contribution in [3.63, 3.8) is 0 Å². The number of carbonyl (C=O) groups is 5. The van der Waals surface area contributed by atoms with Crippen molar-refractivity contribution in [3.05, 3.63) is 35.9 Å². The molecule has 0 aliphatic carbocycles. The number of benzene rings is 1. The number of amides is 2. The van der Waals surface area contributed by atoms with Gasteiger partial charge in [0.15, 0.2) is 18.5 Å². The number of hydrogen-bond acceptors (Lipinski definition) is 11. The van der Waals surface area contributed by atoms with Gasteiger partial charge in [-0.05, 0) is 12.0 Å². The van der Waals surface area contributed by atoms with Gasteiger partial charge in [0.05, 0.1) is 6.61 Å². The molecule has 2 amide bonds. The van der Waals surface area contributed by atoms with Crippen molar-refractivity contribution in [1.29, 1.82) is 0 Å². The van der Waals surface area contributed by atoms with Crippen LogP contribution < -0.4 is 10.6 Å². The third-order valence-electron chi connectivity index (χ3n) is 5.16. The van der Waals surface area contributed by atoms with Gasteiger partial charge in [-0.25, -0.2) is 4.79 Å². The summed E-state index contributed by atoms with van der Waals surface area (Å²) in [5, 5.41) is 5.22. The van der Waals surface area contributed by atoms with Gasteiger partial charge in [-0.2, -0.15) is 0 Å². The standard InChI is InChI=1S/C25H34N2O11/c1-15(28)27-21-23(37-18(4)31)22(36-17(3)30)20(14-34-16(2)29)38-24(21)33-12-8-11-26-25(32)35-13-19-9-6-5-7-10-19/h5-7,9-10,20-24H,8,11-14H2,1-4H3,(H,26,32)(H,27,28)/t20?,21-,22+,23-,24-/m1/s1. The fraction of sp³-hybridized carbons (Fsp3) is 0.560. The fourth-order valence-corrected chi connectivity index (χ4v) is 3.67. The van der Waals surface area contributed by atoms with Gasteiger partial charge in [-0.1, -0.05) is 30.3 Å². The molecule has 1 saturated heterocycles. The second kappa shape index (κ2) is 15.5. The van der Waals surface area contributed by atoms with Crippen LogP contribution in [0.1, 0.15) is 39.7 Å². The zero-order valence-corrected chi connectivity index (χ0v) is 21.8. The molecule has 0 aromatic heterocycles. The van der Waals surface area contributed by atoms with E-state index in [9.17, 15) is 24.0 Å². The number of nitrogens with one attached hydrogen (secondary N) is 2. The molecule has 0 radical (unpaired) electrons. The van der Waals surface area contributed by atoms with Crippen LogP contribution in [0.3, 0.4) is 0 Å². The van der Waals surface area contributed by atoms with Crippen LogP contribution >= 0.6 is 0 Å². The first kappa shape index (κ1) is 30.5. The smallest absolute Gasteiger partial charge is 0.407 e. The summed E-state index contributed by atoms with van der Waals surface area (Å²) in [4.78, 5) is 58.9. The SMILES string of the molecule is CC(=O)N[C@H]1[C@H](OCCCNC(=O)OCc2ccccc2)OC(COC(C)=O)[C@H](OC(C)=O)[C@@H]1OC(C)=O. The molecule has 38 heavy (non-hydrogen) atoms. The van der Waals surface area contributed by atoms with Crippen molar-refractivity contribution in [2.75, 3.05) is 19.8 Å². The Morgan fingerprint density at radius 1 is 0.868 bits per heavy atom. The maximum atomic E-state index is 11.9. The Morgan fingerprint density at radius 3 is 2.13 bits per heavy atom. The van der Waals surface area contributed by atoms with Crippen LogP contribution in [0, 0.1) is 0 Å². The van der Waals surface area contributed by atoms with E-state index in [1.807, 2.05) is 30.3 Å². The molecular weight excluding hydrogens is 504 g/mol. The molecule has 1 aromatic rings. The first-order valence-corrected chi connectivity index (χ1v) is 12.0. The predicted octanol–water partition coefficient (Wildman–Crippen LogP) is 0.976. The number of carbonyl (C=O) groups excluding carboxylic acids is 5. The van der Waals surface area contributed by atoms with E-state index in [0.717, 1.165) is 19.4 Å². The maximum absolute atomic E-state index is 11.9. The summed E-state index contributed by atoms with van der Waals surface area (Å²) in [5.41, 5.74) is 0.849. The first-order valence-electron chi connectivity index (χ1n) is 12.0. The number of ether oxygens (including phenoxy) is 6. The minimum absolute atomic E-state index is 0.0605. The highest BCUT2D eigenvalue weighted by Crippen LogP contribution is 2.28. The van der Waals surface area contributed by atoms with Gasteiger partial charge < -0.3 is 39.1 Å². The molecular formula is C25H34N2O11. The van der Waals surface area contributed by atoms with E-state index in [0.29, 0.717) is 6.42 Å². The summed E-state index contributed by atoms with van der Waals surface area (Å²) in [6.45, 7) is 4.83. The van der Waals surface area contributed by atoms with E-state index in [-0.39, 0.29) is 26.4 Å². The third kappa shape index (κ3) is 10.7. The minimum atomic E-state index is -1.20. The number of esters is 3. The second-order valence-corrected chi connectivity index (χ2v) is 8.43. The summed E-state index contributed by atoms with van der Waals surface area (Å²) < 4.78 is 32.6. The van der Waals surface area contributed by atoms with Gasteiger partial charge in [-0.3, -0.25) is 19.2 Å². The molecule has 13 nitrogen and oxygen atoms in total. The molecule has 2 rings (SSSR count). The first-order chi connectivity index (χ1) is 18.1. The number of alkyl carbamates (subject to hydrolysis) is 1. The zero-order chi connectivity index (χ0) is 28.1. The second-order valence-electron chi connectivity index (χ2n) is 8.43. The molecule has 0 bridgehead atoms. The van der Waals surface area contributed by atoms with Crippen molar-refractivity contribution in [2.45, 2.75) is 71.4 Å². The van der Waals surface area contributed by atoms with Crippen molar-refractivity contribution >= 4 is 29.9 Å². The molecule has 1 aromatic carbocycles. The largest absolute Gasteiger partial charge is 0.463 e. The molecule has 1 aliphatic heterocycles. The lowest BCUT2D eigenvalue weighted by atomic mass is 9.96. The molecule has 13 heteroatoms. The predicted molar refractivity (Wildman–Crippen MR) is 129 cm³/mol. The maximum Gasteiger partial charge on any atom is 0.407 e. The van der Waals surface area contributed by atoms with Crippen LogP contribution in [0.15, 0.2) is 30.3 Å². The Bertz CT molecular complexity index is 956. The molecule has 1 heterocycles. The van der Waals surface area contributed by atoms with E-state index < -0.39 is 60.6 Å². The Morgan fingerprint density at radius 2 is 1.53 bits per heavy atom. The molecule has 2 N–H and O–H groups in total. The van der Waals surface area contributed by atoms with Gasteiger partial charge in [0.2, 0.25) is 5.91 Å². The molecule has 1 unspecified atom stereocenters. The van der Waals surface area contributed by atoms with E-state index in [1.54, 1.807) is 0 Å². The van der Waals surface area contributed by atoms with E-state index in [1.165, 1.54) is 13.8 Å². The fourth-order valence-electron chi connectivity index (χ4n) is 3.67. The Balaban J connectivity index is 2.01. The molecule has 0 saturated carbocycles. The highest BCUT2D eigenvalue weighted by molar-refractivity contribution is 5.73. The molecule has 1 fully saturated rings. The van der Waals surface area contributed by atoms with E-state index >= 15 is 0 Å². The average Bonchev–Trinajstić information content (AvgIpc) is 2.84. The summed E-state index contributed by atoms with van der Waals surface area (Å²) in [6, 6.07) is 8.15. The Kier molecular flexibility index (Phi) is 12.5. The Hall–Kier alpha value is -3.71. The number of hydrogen-bond donors (Lipinski definition) is 2. The molecule has 5 atom stereocenters. The topological polar surface area (TPSA) is 165 Å². The van der Waals surface area contributed by atoms with Gasteiger partial charge in [0, 0.05) is 34.2 Å². The van der Waals surface area contributed by atoms with Crippen molar-refractivity contribution in [2.24, 2.45) is 0 Å². The molecule has 0 spiro atoms. The summed E-state index contributed by atoms with van der Waals surface area (Å²) >= 11 is 0. The Labute approximate surface area is 220 Å². The monoisotopic (exact) mass is 538 g/mol. The van der Waals surface area contributed by atoms with Gasteiger partial charge in [0.1, 0.15) is 25.4 Å². The summed E-state index contributed by atoms with van der Waals surface area (Å²) in [5.74, 6) is -2.49. The molecule has 210 valence electrons. The summed E-state index contributed by atoms with van der Waals surface area (Å²) in [7, 11) is 0. The highest BCUT2D eigenvalue weighted by Gasteiger charge is 2.51. The lowest BCUT2D eigenvalue weighted by Gasteiger charge is -2.44. The van der Waals surface area contributed by atoms with Crippen molar-refractivity contribution < 1.29 is 52.4 Å². The van der Waals surface area contributed by atoms with Gasteiger partial charge in [0.25, 0.3) is 0 Å². The van der Waals surface area contributed by atoms with Crippen LogP contribution in [0.2, 0.25) is 0 Å².